The second-order valence-electron chi connectivity index (χ2n) is 7.96. The largest absolute Gasteiger partial charge is 0.485 e. The van der Waals surface area contributed by atoms with E-state index in [9.17, 15) is 49.6 Å². The number of phosphoric acid groups is 1. The van der Waals surface area contributed by atoms with Gasteiger partial charge in [0.05, 0.1) is 17.7 Å². The predicted octanol–water partition coefficient (Wildman–Crippen LogP) is 4.34. The molecule has 0 radical (unpaired) electrons. The van der Waals surface area contributed by atoms with Gasteiger partial charge in [-0.05, 0) is 12.1 Å². The van der Waals surface area contributed by atoms with E-state index in [1.807, 2.05) is 0 Å². The number of phosphoric ester groups is 1. The Morgan fingerprint density at radius 3 is 1.77 bits per heavy atom. The summed E-state index contributed by atoms with van der Waals surface area (Å²) >= 11 is 0. The summed E-state index contributed by atoms with van der Waals surface area (Å²) < 4.78 is 139. The van der Waals surface area contributed by atoms with Crippen molar-refractivity contribution in [2.24, 2.45) is 0 Å². The maximum Gasteiger partial charge on any atom is 0.470 e. The first-order valence-corrected chi connectivity index (χ1v) is 12.2. The molecule has 9 nitrogen and oxygen atoms in total. The Hall–Kier alpha value is -3.24. The van der Waals surface area contributed by atoms with Crippen molar-refractivity contribution < 1.29 is 78.1 Å². The molecule has 0 spiro atoms. The van der Waals surface area contributed by atoms with E-state index < -0.39 is 104 Å². The molecule has 3 rings (SSSR count). The van der Waals surface area contributed by atoms with Gasteiger partial charge < -0.3 is 29.1 Å². The van der Waals surface area contributed by atoms with Crippen molar-refractivity contribution in [3.05, 3.63) is 81.8 Å². The third-order valence-corrected chi connectivity index (χ3v) is 5.76. The molecule has 0 aliphatic carbocycles. The molecule has 220 valence electrons. The van der Waals surface area contributed by atoms with E-state index in [0.717, 1.165) is 24.3 Å². The van der Waals surface area contributed by atoms with Crippen LogP contribution in [0.5, 0.6) is 0 Å². The molecule has 0 aromatic heterocycles. The summed E-state index contributed by atoms with van der Waals surface area (Å²) in [6.45, 7) is -3.63. The molecule has 1 aliphatic heterocycles. The first-order chi connectivity index (χ1) is 18.4. The van der Waals surface area contributed by atoms with Gasteiger partial charge in [0.1, 0.15) is 31.0 Å². The van der Waals surface area contributed by atoms with Crippen LogP contribution in [0.1, 0.15) is 22.3 Å². The van der Waals surface area contributed by atoms with Gasteiger partial charge >= 0.3 is 26.1 Å². The number of hydrogen-bond donors (Lipinski definition) is 3. The van der Waals surface area contributed by atoms with Crippen molar-refractivity contribution >= 4 is 13.8 Å². The summed E-state index contributed by atoms with van der Waals surface area (Å²) in [7, 11) is -5.40. The Bertz CT molecular complexity index is 1340. The quantitative estimate of drug-likeness (QED) is 0.205. The molecule has 2 atom stereocenters. The van der Waals surface area contributed by atoms with Gasteiger partial charge in [-0.3, -0.25) is 4.52 Å². The molecule has 3 N–H and O–H groups in total. The summed E-state index contributed by atoms with van der Waals surface area (Å²) in [4.78, 5) is 30.7. The second-order valence-corrected chi connectivity index (χ2v) is 9.15. The van der Waals surface area contributed by atoms with Crippen molar-refractivity contribution in [1.29, 1.82) is 0 Å². The normalized spacial score (nSPS) is 17.2. The van der Waals surface area contributed by atoms with E-state index in [0.29, 0.717) is 12.1 Å². The number of esters is 1. The van der Waals surface area contributed by atoms with Crippen LogP contribution >= 0.6 is 7.82 Å². The first-order valence-electron chi connectivity index (χ1n) is 10.7. The van der Waals surface area contributed by atoms with Crippen LogP contribution in [-0.4, -0.2) is 39.7 Å². The first kappa shape index (κ1) is 31.3. The van der Waals surface area contributed by atoms with Crippen LogP contribution in [-0.2, 0) is 53.7 Å². The van der Waals surface area contributed by atoms with Gasteiger partial charge in [-0.2, -0.15) is 26.3 Å². The molecule has 0 bridgehead atoms. The molecular weight excluding hydrogens is 591 g/mol. The lowest BCUT2D eigenvalue weighted by Crippen LogP contribution is -2.34. The third kappa shape index (κ3) is 7.28. The zero-order valence-corrected chi connectivity index (χ0v) is 20.4. The molecule has 1 heterocycles. The minimum absolute atomic E-state index is 0.498. The van der Waals surface area contributed by atoms with Crippen LogP contribution in [0.25, 0.3) is 0 Å². The van der Waals surface area contributed by atoms with Crippen LogP contribution in [0.15, 0.2) is 47.9 Å². The Morgan fingerprint density at radius 2 is 1.35 bits per heavy atom. The van der Waals surface area contributed by atoms with E-state index >= 15 is 0 Å². The fourth-order valence-corrected chi connectivity index (χ4v) is 4.18. The van der Waals surface area contributed by atoms with Crippen LogP contribution in [0.4, 0.5) is 35.1 Å². The lowest BCUT2D eigenvalue weighted by molar-refractivity contribution is -0.148. The van der Waals surface area contributed by atoms with Crippen LogP contribution in [0.3, 0.4) is 0 Å². The van der Waals surface area contributed by atoms with Gasteiger partial charge in [0.2, 0.25) is 5.76 Å². The predicted molar refractivity (Wildman–Crippen MR) is 113 cm³/mol. The number of carbonyl (C=O) groups is 1. The molecule has 0 saturated carbocycles. The maximum absolute atomic E-state index is 14.0. The van der Waals surface area contributed by atoms with Crippen molar-refractivity contribution in [3.8, 4) is 0 Å². The zero-order valence-electron chi connectivity index (χ0n) is 19.5. The summed E-state index contributed by atoms with van der Waals surface area (Å²) in [5, 5.41) is 9.53. The highest BCUT2D eigenvalue weighted by molar-refractivity contribution is 7.46. The molecule has 0 unspecified atom stereocenters. The van der Waals surface area contributed by atoms with Crippen molar-refractivity contribution in [2.45, 2.75) is 37.8 Å². The summed E-state index contributed by atoms with van der Waals surface area (Å²) in [5.74, 6) is -6.99. The summed E-state index contributed by atoms with van der Waals surface area (Å²) in [5.41, 5.74) is -5.18. The summed E-state index contributed by atoms with van der Waals surface area (Å²) in [6, 6.07) is 4.36. The maximum atomic E-state index is 14.0. The molecule has 40 heavy (non-hydrogen) atoms. The number of aliphatic hydroxyl groups excluding tert-OH is 1. The molecule has 1 aliphatic rings. The van der Waals surface area contributed by atoms with Gasteiger partial charge in [-0.15, -0.1) is 0 Å². The van der Waals surface area contributed by atoms with E-state index in [2.05, 4.69) is 4.52 Å². The number of hydrogen-bond acceptors (Lipinski definition) is 7. The highest BCUT2D eigenvalue weighted by Crippen LogP contribution is 2.42. The number of alkyl halides is 6. The van der Waals surface area contributed by atoms with Gasteiger partial charge in [0, 0.05) is 11.1 Å². The minimum atomic E-state index is -5.40. The van der Waals surface area contributed by atoms with E-state index in [-0.39, 0.29) is 0 Å². The van der Waals surface area contributed by atoms with Crippen molar-refractivity contribution in [2.75, 3.05) is 6.61 Å². The molecule has 18 heteroatoms. The Balaban J connectivity index is 2.03. The fourth-order valence-electron chi connectivity index (χ4n) is 3.65. The van der Waals surface area contributed by atoms with Crippen LogP contribution in [0.2, 0.25) is 0 Å². The van der Waals surface area contributed by atoms with Crippen LogP contribution in [0, 0.1) is 11.6 Å². The number of carbonyl (C=O) groups excluding carboxylic acids is 1. The number of halogens is 8. The molecule has 2 aromatic rings. The van der Waals surface area contributed by atoms with Crippen molar-refractivity contribution in [1.82, 2.24) is 0 Å². The fraction of sp³-hybridized carbons (Fsp3) is 0.318. The van der Waals surface area contributed by atoms with Crippen molar-refractivity contribution in [3.63, 3.8) is 0 Å². The smallest absolute Gasteiger partial charge is 0.470 e. The number of benzene rings is 2. The van der Waals surface area contributed by atoms with Gasteiger partial charge in [-0.1, -0.05) is 24.3 Å². The molecule has 2 aromatic carbocycles. The second kappa shape index (κ2) is 11.7. The summed E-state index contributed by atoms with van der Waals surface area (Å²) in [6.07, 6.45) is -14.6. The van der Waals surface area contributed by atoms with Gasteiger partial charge in [0.25, 0.3) is 0 Å². The Labute approximate surface area is 218 Å². The highest BCUT2D eigenvalue weighted by Gasteiger charge is 2.46. The lowest BCUT2D eigenvalue weighted by Gasteiger charge is -2.23. The van der Waals surface area contributed by atoms with Gasteiger partial charge in [-0.25, -0.2) is 18.1 Å². The average molecular weight is 608 g/mol. The number of ether oxygens (including phenoxy) is 3. The van der Waals surface area contributed by atoms with E-state index in [1.165, 1.54) is 0 Å². The number of rotatable bonds is 10. The number of cyclic esters (lactones) is 1. The standard InChI is InChI=1S/C22H17F8O9P/c23-12-5-1-3-10(15(12)21(25,26)27)8-36-18-17(14(7-31)39-40(33,34)35)38-20(32)19(18)37-9-11-4-2-6-13(24)16(11)22(28,29)30/h1-6,14,17,31H,7-9H2,(H2,33,34,35)/t14-,17+/m0/s1. The topological polar surface area (TPSA) is 132 Å². The molecule has 0 amide bonds. The zero-order chi connectivity index (χ0) is 30.0. The monoisotopic (exact) mass is 608 g/mol. The minimum Gasteiger partial charge on any atom is -0.485 e. The van der Waals surface area contributed by atoms with Crippen LogP contribution < -0.4 is 0 Å². The average Bonchev–Trinajstić information content (AvgIpc) is 3.12. The van der Waals surface area contributed by atoms with Gasteiger partial charge in [0.15, 0.2) is 11.9 Å². The Morgan fingerprint density at radius 1 is 0.875 bits per heavy atom. The molecule has 0 fully saturated rings. The van der Waals surface area contributed by atoms with E-state index in [1.54, 1.807) is 0 Å². The Kier molecular flexibility index (Phi) is 9.16. The molecular formula is C22H17F8O9P. The molecule has 0 saturated heterocycles. The SMILES string of the molecule is O=C1O[C@H]([C@H](CO)OP(=O)(O)O)C(OCc2cccc(F)c2C(F)(F)F)=C1OCc1cccc(F)c1C(F)(F)F. The van der Waals surface area contributed by atoms with E-state index in [4.69, 9.17) is 24.0 Å². The highest BCUT2D eigenvalue weighted by atomic mass is 31.2. The number of aliphatic hydroxyl groups is 1. The third-order valence-electron chi connectivity index (χ3n) is 5.21. The lowest BCUT2D eigenvalue weighted by atomic mass is 10.1.